The van der Waals surface area contributed by atoms with E-state index in [1.165, 1.54) is 0 Å². The fourth-order valence-electron chi connectivity index (χ4n) is 6.10. The molecule has 3 aromatic heterocycles. The van der Waals surface area contributed by atoms with Gasteiger partial charge in [-0.3, -0.25) is 9.78 Å². The van der Waals surface area contributed by atoms with Crippen molar-refractivity contribution in [1.29, 1.82) is 0 Å². The van der Waals surface area contributed by atoms with Crippen molar-refractivity contribution in [1.82, 2.24) is 30.5 Å². The van der Waals surface area contributed by atoms with Gasteiger partial charge in [0.2, 0.25) is 11.8 Å². The number of carbonyl (C=O) groups is 1. The minimum atomic E-state index is -0.405. The van der Waals surface area contributed by atoms with Crippen LogP contribution in [0.5, 0.6) is 5.88 Å². The van der Waals surface area contributed by atoms with E-state index in [1.807, 2.05) is 49.5 Å². The number of amides is 1. The normalized spacial score (nSPS) is 15.3. The summed E-state index contributed by atoms with van der Waals surface area (Å²) in [5.74, 6) is 0.611. The number of pyridine rings is 2. The smallest absolute Gasteiger partial charge is 0.220 e. The molecular formula is C36H38Cl2N6O3. The van der Waals surface area contributed by atoms with Crippen LogP contribution in [-0.4, -0.2) is 57.9 Å². The highest BCUT2D eigenvalue weighted by Crippen LogP contribution is 2.42. The molecule has 0 bridgehead atoms. The Morgan fingerprint density at radius 1 is 1.04 bits per heavy atom. The molecule has 1 aliphatic heterocycles. The van der Waals surface area contributed by atoms with E-state index in [1.54, 1.807) is 20.2 Å². The maximum atomic E-state index is 11.5. The molecule has 4 heterocycles. The van der Waals surface area contributed by atoms with Gasteiger partial charge in [-0.15, -0.1) is 0 Å². The van der Waals surface area contributed by atoms with Gasteiger partial charge in [-0.05, 0) is 37.1 Å². The zero-order chi connectivity index (χ0) is 33.1. The molecule has 1 amide bonds. The molecule has 0 saturated carbocycles. The Balaban J connectivity index is 1.26. The summed E-state index contributed by atoms with van der Waals surface area (Å²) in [6.07, 6.45) is 4.86. The Morgan fingerprint density at radius 3 is 2.60 bits per heavy atom. The highest BCUT2D eigenvalue weighted by atomic mass is 35.5. The number of aliphatic hydroxyl groups excluding tert-OH is 1. The lowest BCUT2D eigenvalue weighted by atomic mass is 9.99. The molecule has 2 unspecified atom stereocenters. The number of hydrogen-bond acceptors (Lipinski definition) is 7. The summed E-state index contributed by atoms with van der Waals surface area (Å²) in [6, 6.07) is 18.0. The number of rotatable bonds is 12. The van der Waals surface area contributed by atoms with Gasteiger partial charge in [0.05, 0.1) is 34.6 Å². The van der Waals surface area contributed by atoms with Gasteiger partial charge in [0.25, 0.3) is 0 Å². The Labute approximate surface area is 284 Å². The topological polar surface area (TPSA) is 113 Å². The van der Waals surface area contributed by atoms with E-state index < -0.39 is 6.10 Å². The number of halogens is 2. The van der Waals surface area contributed by atoms with Crippen LogP contribution in [0.15, 0.2) is 67.0 Å². The van der Waals surface area contributed by atoms with E-state index in [4.69, 9.17) is 32.9 Å². The van der Waals surface area contributed by atoms with Gasteiger partial charge in [0.1, 0.15) is 0 Å². The zero-order valence-electron chi connectivity index (χ0n) is 26.6. The van der Waals surface area contributed by atoms with Crippen molar-refractivity contribution >= 4 is 40.0 Å². The summed E-state index contributed by atoms with van der Waals surface area (Å²) in [7, 11) is 3.62. The number of methoxy groups -OCH3 is 1. The predicted molar refractivity (Wildman–Crippen MR) is 188 cm³/mol. The summed E-state index contributed by atoms with van der Waals surface area (Å²) in [5.41, 5.74) is 7.66. The van der Waals surface area contributed by atoms with Crippen LogP contribution in [0.25, 0.3) is 44.5 Å². The zero-order valence-corrected chi connectivity index (χ0v) is 28.1. The third kappa shape index (κ3) is 7.15. The first-order valence-corrected chi connectivity index (χ1v) is 16.4. The Kier molecular flexibility index (Phi) is 10.1. The van der Waals surface area contributed by atoms with Crippen LogP contribution >= 0.6 is 23.2 Å². The summed E-state index contributed by atoms with van der Waals surface area (Å²) in [5, 5.41) is 21.4. The lowest BCUT2D eigenvalue weighted by Crippen LogP contribution is -2.35. The number of benzene rings is 2. The first-order valence-electron chi connectivity index (χ1n) is 15.7. The third-order valence-electron chi connectivity index (χ3n) is 8.48. The molecule has 47 heavy (non-hydrogen) atoms. The minimum Gasteiger partial charge on any atom is -0.481 e. The number of nitrogens with zero attached hydrogens (tertiary/aromatic N) is 3. The molecular weight excluding hydrogens is 635 g/mol. The molecule has 0 radical (unpaired) electrons. The average molecular weight is 674 g/mol. The van der Waals surface area contributed by atoms with Crippen LogP contribution in [0.2, 0.25) is 10.0 Å². The van der Waals surface area contributed by atoms with Crippen LogP contribution in [0, 0.1) is 0 Å². The Hall–Kier alpha value is -3.99. The highest BCUT2D eigenvalue weighted by Gasteiger charge is 2.21. The summed E-state index contributed by atoms with van der Waals surface area (Å²) >= 11 is 14.2. The van der Waals surface area contributed by atoms with Crippen LogP contribution < -0.4 is 20.7 Å². The van der Waals surface area contributed by atoms with Gasteiger partial charge in [-0.25, -0.2) is 4.98 Å². The van der Waals surface area contributed by atoms with Crippen molar-refractivity contribution in [2.24, 2.45) is 7.05 Å². The molecule has 6 rings (SSSR count). The Morgan fingerprint density at radius 2 is 1.83 bits per heavy atom. The number of fused-ring (bicyclic) bond motifs is 1. The third-order valence-corrected chi connectivity index (χ3v) is 9.27. The molecule has 244 valence electrons. The van der Waals surface area contributed by atoms with Crippen molar-refractivity contribution in [2.75, 3.05) is 20.2 Å². The van der Waals surface area contributed by atoms with E-state index in [-0.39, 0.29) is 11.9 Å². The van der Waals surface area contributed by atoms with Gasteiger partial charge in [-0.1, -0.05) is 59.6 Å². The monoisotopic (exact) mass is 672 g/mol. The average Bonchev–Trinajstić information content (AvgIpc) is 3.62. The standard InChI is InChI=1S/C36H38Cl2N6O3/c1-21(45)16-39-18-24-20-44(2)31-15-22(7-10-26(24)31)35-34(38)28(13-14-41-35)27-5-4-6-29(33(27)37)30-11-8-23(36(43-30)47-3)17-40-19-25-9-12-32(46)42-25/h4-8,10-11,13-15,20-21,25,39-40,45H,9,12,16-19H2,1-3H3,(H,42,46). The van der Waals surface area contributed by atoms with Crippen molar-refractivity contribution in [3.63, 3.8) is 0 Å². The molecule has 4 N–H and O–H groups in total. The second-order valence-corrected chi connectivity index (χ2v) is 12.7. The van der Waals surface area contributed by atoms with E-state index in [2.05, 4.69) is 43.8 Å². The quantitative estimate of drug-likeness (QED) is 0.126. The van der Waals surface area contributed by atoms with E-state index >= 15 is 0 Å². The lowest BCUT2D eigenvalue weighted by molar-refractivity contribution is -0.119. The number of carbonyl (C=O) groups excluding carboxylic acids is 1. The van der Waals surface area contributed by atoms with Gasteiger partial charge < -0.3 is 30.4 Å². The first kappa shape index (κ1) is 32.9. The number of aliphatic hydroxyl groups is 1. The van der Waals surface area contributed by atoms with Gasteiger partial charge in [-0.2, -0.15) is 0 Å². The molecule has 2 atom stereocenters. The second-order valence-electron chi connectivity index (χ2n) is 12.0. The molecule has 5 aromatic rings. The largest absolute Gasteiger partial charge is 0.481 e. The molecule has 0 spiro atoms. The highest BCUT2D eigenvalue weighted by molar-refractivity contribution is 6.39. The van der Waals surface area contributed by atoms with Gasteiger partial charge in [0.15, 0.2) is 0 Å². The lowest BCUT2D eigenvalue weighted by Gasteiger charge is -2.15. The van der Waals surface area contributed by atoms with E-state index in [0.29, 0.717) is 59.9 Å². The molecule has 11 heteroatoms. The van der Waals surface area contributed by atoms with Crippen LogP contribution in [-0.2, 0) is 24.9 Å². The fraction of sp³-hybridized carbons (Fsp3) is 0.306. The maximum Gasteiger partial charge on any atom is 0.220 e. The molecule has 1 saturated heterocycles. The number of aryl methyl sites for hydroxylation is 1. The van der Waals surface area contributed by atoms with E-state index in [0.717, 1.165) is 50.7 Å². The minimum absolute atomic E-state index is 0.102. The number of hydrogen-bond donors (Lipinski definition) is 4. The van der Waals surface area contributed by atoms with Crippen molar-refractivity contribution in [2.45, 2.75) is 45.0 Å². The van der Waals surface area contributed by atoms with Gasteiger partial charge in [0, 0.05) is 96.8 Å². The van der Waals surface area contributed by atoms with Crippen molar-refractivity contribution in [3.8, 4) is 39.5 Å². The summed E-state index contributed by atoms with van der Waals surface area (Å²) in [4.78, 5) is 21.0. The number of nitrogens with one attached hydrogen (secondary N) is 3. The molecule has 1 fully saturated rings. The predicted octanol–water partition coefficient (Wildman–Crippen LogP) is 6.12. The SMILES string of the molecule is COc1nc(-c2cccc(-c3ccnc(-c4ccc5c(CNCC(C)O)cn(C)c5c4)c3Cl)c2Cl)ccc1CNCC1CCC(=O)N1. The number of aromatic nitrogens is 3. The molecule has 9 nitrogen and oxygen atoms in total. The Bertz CT molecular complexity index is 1930. The first-order chi connectivity index (χ1) is 22.7. The van der Waals surface area contributed by atoms with Crippen LogP contribution in [0.4, 0.5) is 0 Å². The van der Waals surface area contributed by atoms with Crippen LogP contribution in [0.3, 0.4) is 0 Å². The van der Waals surface area contributed by atoms with Crippen LogP contribution in [0.1, 0.15) is 30.9 Å². The van der Waals surface area contributed by atoms with Crippen molar-refractivity contribution in [3.05, 3.63) is 88.2 Å². The summed E-state index contributed by atoms with van der Waals surface area (Å²) in [6.45, 7) is 4.19. The number of ether oxygens (including phenoxy) is 1. The maximum absolute atomic E-state index is 11.5. The molecule has 0 aliphatic carbocycles. The fourth-order valence-corrected chi connectivity index (χ4v) is 6.75. The van der Waals surface area contributed by atoms with Crippen molar-refractivity contribution < 1.29 is 14.6 Å². The molecule has 2 aromatic carbocycles. The molecule has 1 aliphatic rings. The van der Waals surface area contributed by atoms with E-state index in [9.17, 15) is 9.90 Å². The summed E-state index contributed by atoms with van der Waals surface area (Å²) < 4.78 is 7.74. The van der Waals surface area contributed by atoms with Gasteiger partial charge >= 0.3 is 0 Å². The second kappa shape index (κ2) is 14.4.